The molecule has 0 aliphatic carbocycles. The van der Waals surface area contributed by atoms with Gasteiger partial charge in [0.05, 0.1) is 23.8 Å². The van der Waals surface area contributed by atoms with Crippen LogP contribution in [0.5, 0.6) is 5.75 Å². The largest absolute Gasteiger partial charge is 0.495 e. The van der Waals surface area contributed by atoms with Crippen LogP contribution in [0.25, 0.3) is 0 Å². The summed E-state index contributed by atoms with van der Waals surface area (Å²) in [5.74, 6) is 0.792. The van der Waals surface area contributed by atoms with Crippen molar-refractivity contribution in [1.82, 2.24) is 0 Å². The molecule has 1 aromatic carbocycles. The third kappa shape index (κ3) is 3.36. The van der Waals surface area contributed by atoms with E-state index in [-0.39, 0.29) is 12.2 Å². The zero-order valence-electron chi connectivity index (χ0n) is 10.8. The lowest BCUT2D eigenvalue weighted by atomic mass is 10.1. The molecule has 1 atom stereocenters. The van der Waals surface area contributed by atoms with Gasteiger partial charge in [-0.1, -0.05) is 11.6 Å². The van der Waals surface area contributed by atoms with Crippen LogP contribution in [0.3, 0.4) is 0 Å². The molecular formula is C13H18BrClO2. The molecule has 0 saturated heterocycles. The van der Waals surface area contributed by atoms with Gasteiger partial charge in [0.2, 0.25) is 0 Å². The fourth-order valence-corrected chi connectivity index (χ4v) is 2.63. The normalized spacial score (nSPS) is 12.9. The van der Waals surface area contributed by atoms with Gasteiger partial charge in [0, 0.05) is 10.6 Å². The van der Waals surface area contributed by atoms with E-state index in [2.05, 4.69) is 15.9 Å². The summed E-state index contributed by atoms with van der Waals surface area (Å²) < 4.78 is 12.1. The summed E-state index contributed by atoms with van der Waals surface area (Å²) in [6, 6.07) is 1.91. The predicted molar refractivity (Wildman–Crippen MR) is 75.1 cm³/mol. The highest BCUT2D eigenvalue weighted by molar-refractivity contribution is 9.10. The van der Waals surface area contributed by atoms with E-state index < -0.39 is 0 Å². The Morgan fingerprint density at radius 3 is 2.35 bits per heavy atom. The number of halogens is 2. The monoisotopic (exact) mass is 320 g/mol. The number of hydrogen-bond acceptors (Lipinski definition) is 2. The minimum Gasteiger partial charge on any atom is -0.495 e. The molecule has 1 unspecified atom stereocenters. The molecule has 17 heavy (non-hydrogen) atoms. The van der Waals surface area contributed by atoms with Gasteiger partial charge in [0.15, 0.2) is 0 Å². The minimum atomic E-state index is -0.0562. The number of methoxy groups -OCH3 is 1. The summed E-state index contributed by atoms with van der Waals surface area (Å²) >= 11 is 9.70. The van der Waals surface area contributed by atoms with E-state index in [0.29, 0.717) is 5.02 Å². The molecule has 0 radical (unpaired) electrons. The van der Waals surface area contributed by atoms with Crippen LogP contribution >= 0.6 is 27.5 Å². The number of hydrogen-bond donors (Lipinski definition) is 0. The molecule has 1 aromatic rings. The van der Waals surface area contributed by atoms with Crippen LogP contribution in [-0.4, -0.2) is 13.2 Å². The summed E-state index contributed by atoms with van der Waals surface area (Å²) in [5, 5.41) is 0.715. The van der Waals surface area contributed by atoms with Gasteiger partial charge in [-0.2, -0.15) is 0 Å². The Morgan fingerprint density at radius 2 is 1.88 bits per heavy atom. The molecule has 0 heterocycles. The van der Waals surface area contributed by atoms with Crippen molar-refractivity contribution < 1.29 is 9.47 Å². The zero-order valence-corrected chi connectivity index (χ0v) is 13.1. The standard InChI is InChI=1S/C13H18BrClO2/c1-7(2)17-9(4)10-6-11(15)8(3)12(14)13(10)16-5/h6-7,9H,1-5H3. The third-order valence-electron chi connectivity index (χ3n) is 2.55. The highest BCUT2D eigenvalue weighted by atomic mass is 79.9. The van der Waals surface area contributed by atoms with Crippen molar-refractivity contribution in [2.45, 2.75) is 39.9 Å². The van der Waals surface area contributed by atoms with Crippen molar-refractivity contribution in [2.75, 3.05) is 7.11 Å². The molecule has 0 amide bonds. The molecule has 0 saturated carbocycles. The van der Waals surface area contributed by atoms with E-state index in [1.807, 2.05) is 33.8 Å². The number of rotatable bonds is 4. The Bertz CT molecular complexity index is 405. The van der Waals surface area contributed by atoms with Crippen molar-refractivity contribution in [1.29, 1.82) is 0 Å². The first-order chi connectivity index (χ1) is 7.88. The van der Waals surface area contributed by atoms with Gasteiger partial charge in [0.25, 0.3) is 0 Å². The first-order valence-corrected chi connectivity index (χ1v) is 6.73. The van der Waals surface area contributed by atoms with Crippen molar-refractivity contribution in [3.63, 3.8) is 0 Å². The van der Waals surface area contributed by atoms with Gasteiger partial charge in [0.1, 0.15) is 5.75 Å². The molecular weight excluding hydrogens is 303 g/mol. The van der Waals surface area contributed by atoms with E-state index in [0.717, 1.165) is 21.3 Å². The molecule has 96 valence electrons. The topological polar surface area (TPSA) is 18.5 Å². The second kappa shape index (κ2) is 6.07. The average Bonchev–Trinajstić information content (AvgIpc) is 2.24. The molecule has 0 fully saturated rings. The Balaban J connectivity index is 3.23. The third-order valence-corrected chi connectivity index (χ3v) is 3.90. The molecule has 0 aliphatic rings. The average molecular weight is 322 g/mol. The Kier molecular flexibility index (Phi) is 5.29. The molecule has 0 spiro atoms. The Hall–Kier alpha value is -0.250. The lowest BCUT2D eigenvalue weighted by molar-refractivity contribution is 0.0166. The smallest absolute Gasteiger partial charge is 0.139 e. The molecule has 0 N–H and O–H groups in total. The van der Waals surface area contributed by atoms with Crippen LogP contribution in [0.4, 0.5) is 0 Å². The lowest BCUT2D eigenvalue weighted by Gasteiger charge is -2.21. The summed E-state index contributed by atoms with van der Waals surface area (Å²) in [5.41, 5.74) is 1.94. The SMILES string of the molecule is COc1c(C(C)OC(C)C)cc(Cl)c(C)c1Br. The Morgan fingerprint density at radius 1 is 1.29 bits per heavy atom. The molecule has 0 aliphatic heterocycles. The second-order valence-electron chi connectivity index (χ2n) is 4.25. The van der Waals surface area contributed by atoms with Gasteiger partial charge in [-0.3, -0.25) is 0 Å². The second-order valence-corrected chi connectivity index (χ2v) is 5.45. The van der Waals surface area contributed by atoms with Gasteiger partial charge in [-0.05, 0) is 55.3 Å². The molecule has 2 nitrogen and oxygen atoms in total. The van der Waals surface area contributed by atoms with Crippen LogP contribution in [-0.2, 0) is 4.74 Å². The van der Waals surface area contributed by atoms with Crippen molar-refractivity contribution in [2.24, 2.45) is 0 Å². The quantitative estimate of drug-likeness (QED) is 0.785. The van der Waals surface area contributed by atoms with E-state index in [9.17, 15) is 0 Å². The van der Waals surface area contributed by atoms with Crippen LogP contribution in [0.1, 0.15) is 38.0 Å². The van der Waals surface area contributed by atoms with Crippen LogP contribution < -0.4 is 4.74 Å². The van der Waals surface area contributed by atoms with Gasteiger partial charge in [-0.15, -0.1) is 0 Å². The molecule has 1 rings (SSSR count). The summed E-state index contributed by atoms with van der Waals surface area (Å²) in [4.78, 5) is 0. The first-order valence-electron chi connectivity index (χ1n) is 5.56. The van der Waals surface area contributed by atoms with Gasteiger partial charge in [-0.25, -0.2) is 0 Å². The van der Waals surface area contributed by atoms with Crippen molar-refractivity contribution >= 4 is 27.5 Å². The van der Waals surface area contributed by atoms with Crippen LogP contribution in [0.15, 0.2) is 10.5 Å². The fourth-order valence-electron chi connectivity index (χ4n) is 1.70. The highest BCUT2D eigenvalue weighted by Gasteiger charge is 2.19. The highest BCUT2D eigenvalue weighted by Crippen LogP contribution is 2.40. The van der Waals surface area contributed by atoms with E-state index in [4.69, 9.17) is 21.1 Å². The van der Waals surface area contributed by atoms with E-state index >= 15 is 0 Å². The molecule has 4 heteroatoms. The van der Waals surface area contributed by atoms with Crippen LogP contribution in [0, 0.1) is 6.92 Å². The molecule has 0 bridgehead atoms. The maximum Gasteiger partial charge on any atom is 0.139 e. The fraction of sp³-hybridized carbons (Fsp3) is 0.538. The van der Waals surface area contributed by atoms with Crippen molar-refractivity contribution in [3.05, 3.63) is 26.7 Å². The lowest BCUT2D eigenvalue weighted by Crippen LogP contribution is -2.09. The van der Waals surface area contributed by atoms with Crippen molar-refractivity contribution in [3.8, 4) is 5.75 Å². The number of ether oxygens (including phenoxy) is 2. The van der Waals surface area contributed by atoms with Gasteiger partial charge >= 0.3 is 0 Å². The summed E-state index contributed by atoms with van der Waals surface area (Å²) in [7, 11) is 1.65. The predicted octanol–water partition coefficient (Wildman–Crippen LogP) is 4.91. The maximum absolute atomic E-state index is 6.19. The number of benzene rings is 1. The van der Waals surface area contributed by atoms with E-state index in [1.54, 1.807) is 7.11 Å². The summed E-state index contributed by atoms with van der Waals surface area (Å²) in [6.45, 7) is 7.96. The zero-order chi connectivity index (χ0) is 13.2. The molecule has 0 aromatic heterocycles. The van der Waals surface area contributed by atoms with Crippen LogP contribution in [0.2, 0.25) is 5.02 Å². The van der Waals surface area contributed by atoms with Gasteiger partial charge < -0.3 is 9.47 Å². The van der Waals surface area contributed by atoms with E-state index in [1.165, 1.54) is 0 Å². The Labute approximate surface area is 116 Å². The first kappa shape index (κ1) is 14.8. The maximum atomic E-state index is 6.19. The summed E-state index contributed by atoms with van der Waals surface area (Å²) in [6.07, 6.45) is 0.105. The minimum absolute atomic E-state index is 0.0562.